The maximum absolute atomic E-state index is 13.3. The van der Waals surface area contributed by atoms with Gasteiger partial charge in [-0.3, -0.25) is 23.6 Å². The molecule has 145 heavy (non-hydrogen) atoms. The SMILES string of the molecule is COc1cc2c(cc1-c1ccn(C)n1)-c1c(c(C(=O)N[C@H]3CC[C@H](O)C3)nn1-c1ccsc1)CO2.COc1cc2c(cc1-c1ccn(C)n1)-c1c(c(C(=O)O[C@H]3CC[C@H](N)C3)nn1-c1ccsc1)CO2.COc1cc2c(cc1Br)-c1c(c(C(=O)N[C@H]3CC[C@H](O)C3)nn1-c1ccsc1)CO2.COc1cc2c(cc1Br)-c1c(c(C(=O)O[C@H]3CC[C@H](N)C3)nn1-c1ccsc1)CO2.Cn1ccc(B2OC(C)(C)C(C)(C)O2)n1. The summed E-state index contributed by atoms with van der Waals surface area (Å²) in [6, 6.07) is 29.0. The molecule has 8 atom stereocenters. The van der Waals surface area contributed by atoms with E-state index in [-0.39, 0.29) is 117 Å². The van der Waals surface area contributed by atoms with Crippen molar-refractivity contribution in [1.29, 1.82) is 0 Å². The number of fused-ring (bicyclic) bond motifs is 12. The fourth-order valence-electron chi connectivity index (χ4n) is 19.4. The van der Waals surface area contributed by atoms with Gasteiger partial charge in [0.15, 0.2) is 22.8 Å². The number of aliphatic hydroxyl groups is 2. The average Bonchev–Trinajstić information content (AvgIpc) is 1.59. The van der Waals surface area contributed by atoms with Crippen molar-refractivity contribution < 1.29 is 86.1 Å². The Hall–Kier alpha value is -12.8. The molecule has 4 aliphatic carbocycles. The maximum atomic E-state index is 13.3. The van der Waals surface area contributed by atoms with E-state index in [0.717, 1.165) is 160 Å². The first-order chi connectivity index (χ1) is 69.9. The summed E-state index contributed by atoms with van der Waals surface area (Å²) in [4.78, 5) is 52.7. The Kier molecular flexibility index (Phi) is 28.6. The van der Waals surface area contributed by atoms with Crippen LogP contribution in [0.5, 0.6) is 46.0 Å². The highest BCUT2D eigenvalue weighted by atomic mass is 79.9. The number of rotatable bonds is 19. The highest BCUT2D eigenvalue weighted by Crippen LogP contribution is 2.52. The molecule has 2 amide bonds. The van der Waals surface area contributed by atoms with Gasteiger partial charge in [-0.1, -0.05) is 0 Å². The Morgan fingerprint density at radius 2 is 0.745 bits per heavy atom. The number of nitrogens with one attached hydrogen (secondary N) is 2. The lowest BCUT2D eigenvalue weighted by molar-refractivity contribution is 0.00578. The Balaban J connectivity index is 0.000000113. The predicted octanol–water partition coefficient (Wildman–Crippen LogP) is 16.4. The third-order valence-electron chi connectivity index (χ3n) is 27.5. The lowest BCUT2D eigenvalue weighted by Crippen LogP contribution is -2.41. The number of thiophene rings is 4. The number of halogens is 2. The van der Waals surface area contributed by atoms with Crippen LogP contribution in [0.3, 0.4) is 0 Å². The zero-order chi connectivity index (χ0) is 101. The summed E-state index contributed by atoms with van der Waals surface area (Å²) >= 11 is 13.4. The minimum absolute atomic E-state index is 0.0374. The summed E-state index contributed by atoms with van der Waals surface area (Å²) in [5.74, 6) is 3.99. The van der Waals surface area contributed by atoms with E-state index in [0.29, 0.717) is 101 Å². The van der Waals surface area contributed by atoms with Gasteiger partial charge in [0.05, 0.1) is 134 Å². The van der Waals surface area contributed by atoms with Crippen LogP contribution in [0.1, 0.15) is 169 Å². The van der Waals surface area contributed by atoms with Gasteiger partial charge in [0, 0.05) is 154 Å². The molecule has 16 heterocycles. The van der Waals surface area contributed by atoms with Crippen molar-refractivity contribution in [3.8, 4) is 136 Å². The molecule has 5 fully saturated rings. The molecule has 0 unspecified atom stereocenters. The molecule has 4 aromatic carbocycles. The smallest absolute Gasteiger partial charge is 0.496 e. The first-order valence-electron chi connectivity index (χ1n) is 47.5. The monoisotopic (exact) mass is 2170 g/mol. The Bertz CT molecular complexity index is 6930. The molecule has 24 rings (SSSR count). The van der Waals surface area contributed by atoms with Gasteiger partial charge in [0.1, 0.15) is 84.6 Å². The molecule has 8 N–H and O–H groups in total. The maximum Gasteiger partial charge on any atom is 0.516 e. The molecule has 36 nitrogen and oxygen atoms in total. The van der Waals surface area contributed by atoms with E-state index < -0.39 is 11.9 Å². The molecule has 43 heteroatoms. The fourth-order valence-corrected chi connectivity index (χ4v) is 22.8. The lowest BCUT2D eigenvalue weighted by atomic mass is 9.85. The van der Waals surface area contributed by atoms with Crippen molar-refractivity contribution >= 4 is 114 Å². The Morgan fingerprint density at radius 3 is 1.04 bits per heavy atom. The molecule has 11 aromatic heterocycles. The second-order valence-corrected chi connectivity index (χ2v) is 42.6. The first-order valence-corrected chi connectivity index (χ1v) is 52.9. The second kappa shape index (κ2) is 41.6. The van der Waals surface area contributed by atoms with Crippen molar-refractivity contribution in [2.24, 2.45) is 32.6 Å². The number of ether oxygens (including phenoxy) is 10. The number of methoxy groups -OCH3 is 4. The highest BCUT2D eigenvalue weighted by Gasteiger charge is 2.53. The third-order valence-corrected chi connectivity index (χ3v) is 31.4. The summed E-state index contributed by atoms with van der Waals surface area (Å²) in [6.07, 6.45) is 13.3. The van der Waals surface area contributed by atoms with E-state index in [9.17, 15) is 29.4 Å². The lowest BCUT2D eigenvalue weighted by Gasteiger charge is -2.32. The van der Waals surface area contributed by atoms with Crippen LogP contribution >= 0.6 is 77.2 Å². The van der Waals surface area contributed by atoms with Crippen LogP contribution in [0.15, 0.2) is 162 Å². The molecular formula is C102H107BBr2N18O18S4. The van der Waals surface area contributed by atoms with Crippen LogP contribution in [0.4, 0.5) is 0 Å². The molecule has 1 saturated heterocycles. The van der Waals surface area contributed by atoms with Crippen LogP contribution in [0, 0.1) is 0 Å². The topological polar surface area (TPSA) is 420 Å². The molecule has 754 valence electrons. The number of nitrogens with zero attached hydrogens (tertiary/aromatic N) is 14. The average molecular weight is 2170 g/mol. The van der Waals surface area contributed by atoms with E-state index in [4.69, 9.17) is 78.3 Å². The van der Waals surface area contributed by atoms with Crippen molar-refractivity contribution in [2.45, 2.75) is 191 Å². The minimum Gasteiger partial charge on any atom is -0.496 e. The number of amides is 2. The largest absolute Gasteiger partial charge is 0.516 e. The molecule has 0 bridgehead atoms. The van der Waals surface area contributed by atoms with Crippen molar-refractivity contribution in [3.63, 3.8) is 0 Å². The van der Waals surface area contributed by atoms with Crippen molar-refractivity contribution in [3.05, 3.63) is 207 Å². The molecule has 5 aliphatic heterocycles. The van der Waals surface area contributed by atoms with Gasteiger partial charge >= 0.3 is 19.1 Å². The van der Waals surface area contributed by atoms with Gasteiger partial charge in [-0.15, -0.1) is 0 Å². The number of hydrogen-bond acceptors (Lipinski definition) is 31. The first kappa shape index (κ1) is 99.6. The Morgan fingerprint density at radius 1 is 0.414 bits per heavy atom. The van der Waals surface area contributed by atoms with Gasteiger partial charge in [0.25, 0.3) is 11.8 Å². The quantitative estimate of drug-likeness (QED) is 0.0323. The van der Waals surface area contributed by atoms with Crippen LogP contribution in [0.2, 0.25) is 0 Å². The molecule has 9 aliphatic rings. The normalized spacial score (nSPS) is 19.6. The number of hydrogen-bond donors (Lipinski definition) is 6. The third kappa shape index (κ3) is 20.2. The van der Waals surface area contributed by atoms with Crippen molar-refractivity contribution in [2.75, 3.05) is 28.4 Å². The van der Waals surface area contributed by atoms with Crippen LogP contribution < -0.4 is 65.6 Å². The fraction of sp³-hybridized carbons (Fsp3) is 0.363. The number of carbonyl (C=O) groups is 4. The summed E-state index contributed by atoms with van der Waals surface area (Å²) in [5.41, 5.74) is 29.7. The predicted molar refractivity (Wildman–Crippen MR) is 554 cm³/mol. The highest BCUT2D eigenvalue weighted by molar-refractivity contribution is 9.11. The van der Waals surface area contributed by atoms with E-state index in [2.05, 4.69) is 68.0 Å². The van der Waals surface area contributed by atoms with Gasteiger partial charge in [-0.25, -0.2) is 28.3 Å². The number of aliphatic hydroxyl groups excluding tert-OH is 2. The number of aryl methyl sites for hydroxylation is 3. The molecular weight excluding hydrogens is 2060 g/mol. The molecule has 0 radical (unpaired) electrons. The summed E-state index contributed by atoms with van der Waals surface area (Å²) in [5, 5.41) is 73.9. The molecule has 4 saturated carbocycles. The van der Waals surface area contributed by atoms with Gasteiger partial charge in [-0.05, 0) is 225 Å². The van der Waals surface area contributed by atoms with Crippen LogP contribution in [-0.4, -0.2) is 198 Å². The second-order valence-electron chi connectivity index (χ2n) is 37.7. The van der Waals surface area contributed by atoms with E-state index in [1.165, 1.54) is 0 Å². The van der Waals surface area contributed by atoms with E-state index in [1.807, 2.05) is 211 Å². The Labute approximate surface area is 867 Å². The van der Waals surface area contributed by atoms with E-state index in [1.54, 1.807) is 97.2 Å². The zero-order valence-corrected chi connectivity index (χ0v) is 87.7. The number of esters is 2. The molecule has 15 aromatic rings. The standard InChI is InChI=1S/2C25H25N5O4S.2C21H20BrN3O4S.C10H17BN2O2/c1-29-7-5-20(27-29)17-10-18-22(11-21(17)32-2)33-12-19-23(25(31)34-16-4-3-14(26)9-16)28-30(24(18)19)15-6-8-35-13-15;1-29-7-5-20(27-29)17-10-18-22(11-21(17)33-2)34-12-19-23(25(32)26-14-3-4-16(31)9-14)28-30(24(18)19)15-6-8-35-13-15;1-27-18-8-17-14(7-16(18)22)20-15(9-28-17)19(24-25(20)12-4-5-30-10-12)21(26)29-13-3-2-11(23)6-13;1-28-18-8-17-14(7-16(18)22)20-15(9-29-17)19(24-25(20)12-4-5-30-10-12)21(27)23-11-2-3-13(26)6-11;1-9(2)10(3,4)15-11(14-9)8-6-7-13(5)12-8/h5-8,10-11,13-14,16H,3-4,9,12,26H2,1-2H3;5-8,10-11,13-14,16,31H,3-4,9,12H2,1-2H3,(H,26,32);4-5,7-8,10-11,13H,2-3,6,9,23H2,1H3;4-5,7-8,10-11,13,26H,2-3,6,9H2,1H3,(H,23,27);6-7H,1-5H3/t2*14-,16-;2*11-,13-;/m0000./s1. The summed E-state index contributed by atoms with van der Waals surface area (Å²) in [6.45, 7) is 9.04. The van der Waals surface area contributed by atoms with Gasteiger partial charge < -0.3 is 89.0 Å². The van der Waals surface area contributed by atoms with Crippen LogP contribution in [-0.2, 0) is 66.4 Å². The van der Waals surface area contributed by atoms with E-state index >= 15 is 0 Å². The number of nitrogens with two attached hydrogens (primary N) is 2. The number of carbonyl (C=O) groups excluding carboxylic acids is 4. The number of aromatic nitrogens is 14. The molecule has 0 spiro atoms. The number of benzene rings is 4. The summed E-state index contributed by atoms with van der Waals surface area (Å²) in [7, 11) is 11.7. The van der Waals surface area contributed by atoms with Gasteiger partial charge in [0.2, 0.25) is 0 Å². The minimum atomic E-state index is -0.445. The van der Waals surface area contributed by atoms with Crippen molar-refractivity contribution in [1.82, 2.24) is 79.1 Å². The van der Waals surface area contributed by atoms with Gasteiger partial charge in [-0.2, -0.15) is 81.0 Å². The summed E-state index contributed by atoms with van der Waals surface area (Å²) < 4.78 is 83.6. The van der Waals surface area contributed by atoms with Crippen LogP contribution in [0.25, 0.3) is 90.3 Å². The zero-order valence-electron chi connectivity index (χ0n) is 81.3.